The average molecular weight is 415 g/mol. The highest BCUT2D eigenvalue weighted by atomic mass is 127. The van der Waals surface area contributed by atoms with Gasteiger partial charge in [0, 0.05) is 21.2 Å². The fourth-order valence-electron chi connectivity index (χ4n) is 2.13. The quantitative estimate of drug-likeness (QED) is 0.729. The number of rotatable bonds is 2. The zero-order chi connectivity index (χ0) is 13.1. The van der Waals surface area contributed by atoms with E-state index in [9.17, 15) is 4.79 Å². The number of carbonyl (C=O) groups is 1. The average Bonchev–Trinajstić information content (AvgIpc) is 2.35. The molecule has 1 amide bonds. The molecule has 1 aliphatic heterocycles. The molecule has 1 heterocycles. The van der Waals surface area contributed by atoms with Gasteiger partial charge in [0.2, 0.25) is 0 Å². The number of halogens is 3. The molecule has 0 radical (unpaired) electrons. The van der Waals surface area contributed by atoms with Crippen LogP contribution in [0.5, 0.6) is 0 Å². The van der Waals surface area contributed by atoms with E-state index < -0.39 is 0 Å². The zero-order valence-corrected chi connectivity index (χ0v) is 14.3. The van der Waals surface area contributed by atoms with Crippen molar-refractivity contribution in [3.05, 3.63) is 32.4 Å². The van der Waals surface area contributed by atoms with Gasteiger partial charge in [0.05, 0.1) is 5.02 Å². The Morgan fingerprint density at radius 1 is 1.53 bits per heavy atom. The second-order valence-electron chi connectivity index (χ2n) is 4.59. The van der Waals surface area contributed by atoms with Crippen molar-refractivity contribution >= 4 is 52.5 Å². The van der Waals surface area contributed by atoms with Crippen molar-refractivity contribution in [3.63, 3.8) is 0 Å². The maximum Gasteiger partial charge on any atom is 0.251 e. The van der Waals surface area contributed by atoms with E-state index in [0.29, 0.717) is 16.6 Å². The van der Waals surface area contributed by atoms with Gasteiger partial charge in [0.15, 0.2) is 0 Å². The van der Waals surface area contributed by atoms with Crippen molar-refractivity contribution in [3.8, 4) is 0 Å². The first-order valence-electron chi connectivity index (χ1n) is 6.07. The van der Waals surface area contributed by atoms with Gasteiger partial charge in [-0.05, 0) is 67.1 Å². The minimum absolute atomic E-state index is 0. The molecule has 2 N–H and O–H groups in total. The molecule has 0 saturated carbocycles. The Morgan fingerprint density at radius 2 is 2.26 bits per heavy atom. The van der Waals surface area contributed by atoms with Crippen LogP contribution in [0.2, 0.25) is 5.02 Å². The Bertz CT molecular complexity index is 456. The SMILES string of the molecule is CC1NCCCC1NC(=O)c1ccc(Cl)c(I)c1.Cl. The summed E-state index contributed by atoms with van der Waals surface area (Å²) in [5.41, 5.74) is 0.668. The molecular weight excluding hydrogens is 398 g/mol. The van der Waals surface area contributed by atoms with Crippen LogP contribution in [-0.4, -0.2) is 24.5 Å². The third kappa shape index (κ3) is 4.48. The van der Waals surface area contributed by atoms with E-state index in [1.165, 1.54) is 0 Å². The predicted octanol–water partition coefficient (Wildman–Crippen LogP) is 3.24. The number of benzene rings is 1. The molecular formula is C13H17Cl2IN2O. The van der Waals surface area contributed by atoms with Gasteiger partial charge in [0.1, 0.15) is 0 Å². The van der Waals surface area contributed by atoms with Crippen molar-refractivity contribution in [2.75, 3.05) is 6.54 Å². The minimum atomic E-state index is -0.0230. The summed E-state index contributed by atoms with van der Waals surface area (Å²) in [7, 11) is 0. The highest BCUT2D eigenvalue weighted by Crippen LogP contribution is 2.19. The molecule has 0 bridgehead atoms. The maximum absolute atomic E-state index is 12.1. The Kier molecular flexibility index (Phi) is 6.86. The highest BCUT2D eigenvalue weighted by molar-refractivity contribution is 14.1. The summed E-state index contributed by atoms with van der Waals surface area (Å²) in [5, 5.41) is 7.14. The summed E-state index contributed by atoms with van der Waals surface area (Å²) in [4.78, 5) is 12.1. The number of hydrogen-bond donors (Lipinski definition) is 2. The topological polar surface area (TPSA) is 41.1 Å². The molecule has 0 aromatic heterocycles. The molecule has 1 aliphatic rings. The van der Waals surface area contributed by atoms with Crippen molar-refractivity contribution in [2.24, 2.45) is 0 Å². The lowest BCUT2D eigenvalue weighted by atomic mass is 9.99. The highest BCUT2D eigenvalue weighted by Gasteiger charge is 2.22. The number of piperidine rings is 1. The van der Waals surface area contributed by atoms with Crippen LogP contribution in [0, 0.1) is 3.57 Å². The van der Waals surface area contributed by atoms with E-state index in [0.717, 1.165) is 23.0 Å². The molecule has 3 nitrogen and oxygen atoms in total. The van der Waals surface area contributed by atoms with E-state index in [-0.39, 0.29) is 24.4 Å². The lowest BCUT2D eigenvalue weighted by Gasteiger charge is -2.30. The van der Waals surface area contributed by atoms with Gasteiger partial charge in [-0.15, -0.1) is 12.4 Å². The monoisotopic (exact) mass is 414 g/mol. The summed E-state index contributed by atoms with van der Waals surface area (Å²) in [6.07, 6.45) is 2.14. The van der Waals surface area contributed by atoms with Gasteiger partial charge in [0.25, 0.3) is 5.91 Å². The second kappa shape index (κ2) is 7.67. The van der Waals surface area contributed by atoms with Gasteiger partial charge in [-0.1, -0.05) is 11.6 Å². The normalized spacial score (nSPS) is 22.5. The summed E-state index contributed by atoms with van der Waals surface area (Å²) < 4.78 is 0.900. The van der Waals surface area contributed by atoms with Crippen LogP contribution < -0.4 is 10.6 Å². The zero-order valence-electron chi connectivity index (χ0n) is 10.6. The number of amides is 1. The van der Waals surface area contributed by atoms with Gasteiger partial charge in [-0.3, -0.25) is 4.79 Å². The largest absolute Gasteiger partial charge is 0.348 e. The van der Waals surface area contributed by atoms with Gasteiger partial charge >= 0.3 is 0 Å². The molecule has 1 fully saturated rings. The number of hydrogen-bond acceptors (Lipinski definition) is 2. The van der Waals surface area contributed by atoms with Crippen LogP contribution in [0.1, 0.15) is 30.1 Å². The lowest BCUT2D eigenvalue weighted by Crippen LogP contribution is -2.51. The maximum atomic E-state index is 12.1. The molecule has 106 valence electrons. The van der Waals surface area contributed by atoms with E-state index in [4.69, 9.17) is 11.6 Å². The van der Waals surface area contributed by atoms with E-state index in [2.05, 4.69) is 40.1 Å². The summed E-state index contributed by atoms with van der Waals surface area (Å²) >= 11 is 8.09. The lowest BCUT2D eigenvalue weighted by molar-refractivity contribution is 0.0920. The molecule has 2 unspecified atom stereocenters. The Hall–Kier alpha value is -0.0400. The molecule has 2 atom stereocenters. The van der Waals surface area contributed by atoms with E-state index in [1.54, 1.807) is 12.1 Å². The van der Waals surface area contributed by atoms with E-state index in [1.807, 2.05) is 6.07 Å². The fourth-order valence-corrected chi connectivity index (χ4v) is 2.76. The van der Waals surface area contributed by atoms with E-state index >= 15 is 0 Å². The second-order valence-corrected chi connectivity index (χ2v) is 6.16. The van der Waals surface area contributed by atoms with Crippen molar-refractivity contribution < 1.29 is 4.79 Å². The Balaban J connectivity index is 0.00000180. The molecule has 6 heteroatoms. The van der Waals surface area contributed by atoms with Crippen molar-refractivity contribution in [1.82, 2.24) is 10.6 Å². The van der Waals surface area contributed by atoms with Crippen molar-refractivity contribution in [2.45, 2.75) is 31.8 Å². The minimum Gasteiger partial charge on any atom is -0.348 e. The molecule has 0 spiro atoms. The standard InChI is InChI=1S/C13H16ClIN2O.ClH/c1-8-12(3-2-6-16-8)17-13(18)9-4-5-10(14)11(15)7-9;/h4-5,7-8,12,16H,2-3,6H2,1H3,(H,17,18);1H. The van der Waals surface area contributed by atoms with Crippen LogP contribution >= 0.6 is 46.6 Å². The predicted molar refractivity (Wildman–Crippen MR) is 89.4 cm³/mol. The summed E-state index contributed by atoms with van der Waals surface area (Å²) in [5.74, 6) is -0.0230. The number of nitrogens with one attached hydrogen (secondary N) is 2. The third-order valence-electron chi connectivity index (χ3n) is 3.26. The van der Waals surface area contributed by atoms with Crippen LogP contribution in [0.4, 0.5) is 0 Å². The molecule has 0 aliphatic carbocycles. The number of carbonyl (C=O) groups excluding carboxylic acids is 1. The first-order chi connectivity index (χ1) is 8.58. The molecule has 1 aromatic rings. The summed E-state index contributed by atoms with van der Waals surface area (Å²) in [6, 6.07) is 5.88. The van der Waals surface area contributed by atoms with Crippen molar-refractivity contribution in [1.29, 1.82) is 0 Å². The smallest absolute Gasteiger partial charge is 0.251 e. The first kappa shape index (κ1) is 17.0. The van der Waals surface area contributed by atoms with Crippen LogP contribution in [0.3, 0.4) is 0 Å². The van der Waals surface area contributed by atoms with Gasteiger partial charge < -0.3 is 10.6 Å². The Morgan fingerprint density at radius 3 is 2.89 bits per heavy atom. The first-order valence-corrected chi connectivity index (χ1v) is 7.53. The van der Waals surface area contributed by atoms with Crippen LogP contribution in [0.15, 0.2) is 18.2 Å². The third-order valence-corrected chi connectivity index (χ3v) is 4.80. The van der Waals surface area contributed by atoms with Crippen LogP contribution in [-0.2, 0) is 0 Å². The molecule has 1 aromatic carbocycles. The van der Waals surface area contributed by atoms with Gasteiger partial charge in [-0.2, -0.15) is 0 Å². The molecule has 2 rings (SSSR count). The molecule has 19 heavy (non-hydrogen) atoms. The van der Waals surface area contributed by atoms with Gasteiger partial charge in [-0.25, -0.2) is 0 Å². The summed E-state index contributed by atoms with van der Waals surface area (Å²) in [6.45, 7) is 3.14. The molecule has 1 saturated heterocycles. The fraction of sp³-hybridized carbons (Fsp3) is 0.462. The Labute approximate surface area is 138 Å². The van der Waals surface area contributed by atoms with Crippen LogP contribution in [0.25, 0.3) is 0 Å².